The number of hydrogen-bond donors (Lipinski definition) is 1. The first kappa shape index (κ1) is 13.0. The molecule has 0 aromatic rings. The van der Waals surface area contributed by atoms with E-state index in [-0.39, 0.29) is 0 Å². The minimum absolute atomic E-state index is 0.448. The first-order chi connectivity index (χ1) is 7.15. The lowest BCUT2D eigenvalue weighted by molar-refractivity contribution is -0.00602. The van der Waals surface area contributed by atoms with E-state index in [2.05, 4.69) is 25.7 Å². The van der Waals surface area contributed by atoms with Gasteiger partial charge in [-0.1, -0.05) is 27.2 Å². The summed E-state index contributed by atoms with van der Waals surface area (Å²) in [5, 5.41) is 10.3. The molecule has 0 aromatic heterocycles. The summed E-state index contributed by atoms with van der Waals surface area (Å²) in [5.74, 6) is 0. The molecule has 0 spiro atoms. The molecule has 1 N–H and O–H groups in total. The second-order valence-electron chi connectivity index (χ2n) is 4.99. The fourth-order valence-electron chi connectivity index (χ4n) is 2.04. The summed E-state index contributed by atoms with van der Waals surface area (Å²) in [4.78, 5) is 2.51. The molecule has 90 valence electrons. The number of aliphatic hydroxyl groups is 1. The van der Waals surface area contributed by atoms with Gasteiger partial charge in [0.1, 0.15) is 0 Å². The minimum atomic E-state index is -0.448. The van der Waals surface area contributed by atoms with Crippen LogP contribution in [0.4, 0.5) is 0 Å². The van der Waals surface area contributed by atoms with Crippen molar-refractivity contribution in [3.8, 4) is 0 Å². The molecule has 1 rings (SSSR count). The molecule has 1 saturated carbocycles. The maximum Gasteiger partial charge on any atom is 0.0769 e. The Hall–Kier alpha value is -0.0800. The van der Waals surface area contributed by atoms with E-state index in [9.17, 15) is 5.11 Å². The van der Waals surface area contributed by atoms with Gasteiger partial charge in [-0.15, -0.1) is 0 Å². The number of hydrogen-bond acceptors (Lipinski definition) is 2. The van der Waals surface area contributed by atoms with Crippen LogP contribution in [0.25, 0.3) is 0 Å². The molecule has 0 aliphatic heterocycles. The third kappa shape index (κ3) is 4.12. The Labute approximate surface area is 94.7 Å². The molecular weight excluding hydrogens is 186 g/mol. The quantitative estimate of drug-likeness (QED) is 0.670. The number of rotatable bonds is 8. The Morgan fingerprint density at radius 2 is 1.80 bits per heavy atom. The van der Waals surface area contributed by atoms with Crippen LogP contribution in [0.15, 0.2) is 0 Å². The van der Waals surface area contributed by atoms with Gasteiger partial charge in [-0.2, -0.15) is 0 Å². The van der Waals surface area contributed by atoms with Crippen molar-refractivity contribution in [3.05, 3.63) is 0 Å². The monoisotopic (exact) mass is 213 g/mol. The van der Waals surface area contributed by atoms with E-state index >= 15 is 0 Å². The van der Waals surface area contributed by atoms with Gasteiger partial charge in [0.15, 0.2) is 0 Å². The van der Waals surface area contributed by atoms with Crippen molar-refractivity contribution in [2.45, 2.75) is 70.9 Å². The normalized spacial score (nSPS) is 17.4. The Kier molecular flexibility index (Phi) is 5.07. The highest BCUT2D eigenvalue weighted by molar-refractivity contribution is 4.89. The smallest absolute Gasteiger partial charge is 0.0769 e. The van der Waals surface area contributed by atoms with E-state index in [0.29, 0.717) is 0 Å². The maximum absolute atomic E-state index is 10.3. The van der Waals surface area contributed by atoms with Gasteiger partial charge in [0.2, 0.25) is 0 Å². The summed E-state index contributed by atoms with van der Waals surface area (Å²) >= 11 is 0. The molecule has 2 nitrogen and oxygen atoms in total. The molecule has 1 aliphatic rings. The fraction of sp³-hybridized carbons (Fsp3) is 1.00. The lowest BCUT2D eigenvalue weighted by Gasteiger charge is -2.33. The van der Waals surface area contributed by atoms with Crippen LogP contribution in [0.3, 0.4) is 0 Å². The largest absolute Gasteiger partial charge is 0.389 e. The van der Waals surface area contributed by atoms with Gasteiger partial charge >= 0.3 is 0 Å². The van der Waals surface area contributed by atoms with Crippen molar-refractivity contribution >= 4 is 0 Å². The second-order valence-corrected chi connectivity index (χ2v) is 4.99. The van der Waals surface area contributed by atoms with Gasteiger partial charge in [-0.05, 0) is 38.6 Å². The fourth-order valence-corrected chi connectivity index (χ4v) is 2.04. The average molecular weight is 213 g/mol. The SMILES string of the molecule is CCCCN(CC(O)(CC)CC)C1CC1. The molecule has 15 heavy (non-hydrogen) atoms. The van der Waals surface area contributed by atoms with Crippen LogP contribution in [-0.2, 0) is 0 Å². The predicted molar refractivity (Wildman–Crippen MR) is 65.0 cm³/mol. The number of unbranched alkanes of at least 4 members (excludes halogenated alkanes) is 1. The van der Waals surface area contributed by atoms with Crippen LogP contribution in [0.5, 0.6) is 0 Å². The van der Waals surface area contributed by atoms with Crippen LogP contribution in [0.2, 0.25) is 0 Å². The zero-order chi connectivity index (χ0) is 11.3. The molecular formula is C13H27NO. The maximum atomic E-state index is 10.3. The lowest BCUT2D eigenvalue weighted by Crippen LogP contribution is -2.43. The summed E-state index contributed by atoms with van der Waals surface area (Å²) in [6.07, 6.45) is 6.94. The van der Waals surface area contributed by atoms with Gasteiger partial charge in [-0.3, -0.25) is 4.90 Å². The van der Waals surface area contributed by atoms with E-state index < -0.39 is 5.60 Å². The lowest BCUT2D eigenvalue weighted by atomic mass is 9.96. The van der Waals surface area contributed by atoms with E-state index in [1.165, 1.54) is 32.2 Å². The molecule has 0 heterocycles. The summed E-state index contributed by atoms with van der Waals surface area (Å²) < 4.78 is 0. The molecule has 0 atom stereocenters. The Bertz CT molecular complexity index is 173. The molecule has 1 aliphatic carbocycles. The van der Waals surface area contributed by atoms with Crippen molar-refractivity contribution in [1.82, 2.24) is 4.90 Å². The van der Waals surface area contributed by atoms with Crippen molar-refractivity contribution in [3.63, 3.8) is 0 Å². The third-order valence-electron chi connectivity index (χ3n) is 3.68. The third-order valence-corrected chi connectivity index (χ3v) is 3.68. The highest BCUT2D eigenvalue weighted by Gasteiger charge is 2.34. The summed E-state index contributed by atoms with van der Waals surface area (Å²) in [5.41, 5.74) is -0.448. The first-order valence-electron chi connectivity index (χ1n) is 6.61. The van der Waals surface area contributed by atoms with Crippen LogP contribution in [0.1, 0.15) is 59.3 Å². The topological polar surface area (TPSA) is 23.5 Å². The molecule has 0 saturated heterocycles. The highest BCUT2D eigenvalue weighted by Crippen LogP contribution is 2.29. The molecule has 0 unspecified atom stereocenters. The van der Waals surface area contributed by atoms with Gasteiger partial charge in [0.25, 0.3) is 0 Å². The molecule has 0 radical (unpaired) electrons. The highest BCUT2D eigenvalue weighted by atomic mass is 16.3. The predicted octanol–water partition coefficient (Wildman–Crippen LogP) is 2.80. The Morgan fingerprint density at radius 1 is 1.20 bits per heavy atom. The molecule has 0 aromatic carbocycles. The van der Waals surface area contributed by atoms with Crippen molar-refractivity contribution in [2.24, 2.45) is 0 Å². The molecule has 0 amide bonds. The number of nitrogens with zero attached hydrogens (tertiary/aromatic N) is 1. The summed E-state index contributed by atoms with van der Waals surface area (Å²) in [6, 6.07) is 0.779. The van der Waals surface area contributed by atoms with E-state index in [1.807, 2.05) is 0 Å². The Balaban J connectivity index is 2.41. The first-order valence-corrected chi connectivity index (χ1v) is 6.61. The van der Waals surface area contributed by atoms with Gasteiger partial charge in [-0.25, -0.2) is 0 Å². The standard InChI is InChI=1S/C13H27NO/c1-4-7-10-14(12-8-9-12)11-13(15,5-2)6-3/h12,15H,4-11H2,1-3H3. The zero-order valence-corrected chi connectivity index (χ0v) is 10.6. The minimum Gasteiger partial charge on any atom is -0.389 e. The van der Waals surface area contributed by atoms with E-state index in [1.54, 1.807) is 0 Å². The van der Waals surface area contributed by atoms with Gasteiger partial charge in [0.05, 0.1) is 5.60 Å². The average Bonchev–Trinajstić information content (AvgIpc) is 3.07. The van der Waals surface area contributed by atoms with Crippen LogP contribution in [0, 0.1) is 0 Å². The van der Waals surface area contributed by atoms with Crippen molar-refractivity contribution in [1.29, 1.82) is 0 Å². The van der Waals surface area contributed by atoms with Crippen LogP contribution in [-0.4, -0.2) is 34.7 Å². The van der Waals surface area contributed by atoms with Crippen LogP contribution >= 0.6 is 0 Å². The van der Waals surface area contributed by atoms with E-state index in [0.717, 1.165) is 25.4 Å². The summed E-state index contributed by atoms with van der Waals surface area (Å²) in [7, 11) is 0. The molecule has 1 fully saturated rings. The van der Waals surface area contributed by atoms with Crippen molar-refractivity contribution in [2.75, 3.05) is 13.1 Å². The van der Waals surface area contributed by atoms with Gasteiger partial charge in [0, 0.05) is 12.6 Å². The van der Waals surface area contributed by atoms with Gasteiger partial charge < -0.3 is 5.11 Å². The molecule has 0 bridgehead atoms. The second kappa shape index (κ2) is 5.86. The zero-order valence-electron chi connectivity index (χ0n) is 10.6. The summed E-state index contributed by atoms with van der Waals surface area (Å²) in [6.45, 7) is 8.47. The Morgan fingerprint density at radius 3 is 2.20 bits per heavy atom. The molecule has 2 heteroatoms. The van der Waals surface area contributed by atoms with Crippen molar-refractivity contribution < 1.29 is 5.11 Å². The van der Waals surface area contributed by atoms with E-state index in [4.69, 9.17) is 0 Å². The van der Waals surface area contributed by atoms with Crippen LogP contribution < -0.4 is 0 Å².